The van der Waals surface area contributed by atoms with Crippen molar-refractivity contribution < 1.29 is 0 Å². The Bertz CT molecular complexity index is 394. The first kappa shape index (κ1) is 9.97. The summed E-state index contributed by atoms with van der Waals surface area (Å²) in [6.07, 6.45) is 2.37. The second kappa shape index (κ2) is 2.96. The fraction of sp³-hybridized carbons (Fsp3) is 0.538. The highest BCUT2D eigenvalue weighted by atomic mass is 32.1. The Labute approximate surface area is 90.7 Å². The lowest BCUT2D eigenvalue weighted by atomic mass is 9.72. The lowest BCUT2D eigenvalue weighted by Gasteiger charge is -2.32. The largest absolute Gasteiger partial charge is 0.145 e. The van der Waals surface area contributed by atoms with Crippen LogP contribution in [-0.2, 0) is 6.42 Å². The van der Waals surface area contributed by atoms with Crippen molar-refractivity contribution in [1.29, 1.82) is 0 Å². The Kier molecular flexibility index (Phi) is 2.11. The van der Waals surface area contributed by atoms with Crippen LogP contribution in [0.2, 0.25) is 0 Å². The summed E-state index contributed by atoms with van der Waals surface area (Å²) in [6, 6.07) is 0. The van der Waals surface area contributed by atoms with Crippen LogP contribution in [0.1, 0.15) is 41.1 Å². The van der Waals surface area contributed by atoms with Gasteiger partial charge in [-0.15, -0.1) is 11.3 Å². The third kappa shape index (κ3) is 1.44. The summed E-state index contributed by atoms with van der Waals surface area (Å²) < 4.78 is 0. The van der Waals surface area contributed by atoms with E-state index in [0.717, 1.165) is 6.42 Å². The van der Waals surface area contributed by atoms with Gasteiger partial charge >= 0.3 is 0 Å². The van der Waals surface area contributed by atoms with E-state index >= 15 is 0 Å². The molecule has 0 spiro atoms. The topological polar surface area (TPSA) is 0 Å². The Hall–Kier alpha value is -0.560. The predicted molar refractivity (Wildman–Crippen MR) is 64.9 cm³/mol. The number of allylic oxidation sites excluding steroid dienone is 1. The molecule has 0 N–H and O–H groups in total. The molecule has 76 valence electrons. The fourth-order valence-electron chi connectivity index (χ4n) is 2.61. The molecule has 2 rings (SSSR count). The van der Waals surface area contributed by atoms with Gasteiger partial charge in [0.05, 0.1) is 0 Å². The number of aryl methyl sites for hydroxylation is 2. The van der Waals surface area contributed by atoms with E-state index in [1.807, 2.05) is 11.3 Å². The van der Waals surface area contributed by atoms with Gasteiger partial charge in [0.1, 0.15) is 0 Å². The summed E-state index contributed by atoms with van der Waals surface area (Å²) >= 11 is 1.93. The van der Waals surface area contributed by atoms with Crippen LogP contribution >= 0.6 is 11.3 Å². The Morgan fingerprint density at radius 1 is 1.14 bits per heavy atom. The molecule has 1 aliphatic carbocycles. The maximum absolute atomic E-state index is 4.23. The van der Waals surface area contributed by atoms with Crippen LogP contribution in [0.15, 0.2) is 6.58 Å². The molecule has 0 saturated heterocycles. The molecule has 0 saturated carbocycles. The molecule has 0 atom stereocenters. The zero-order valence-corrected chi connectivity index (χ0v) is 10.3. The first-order chi connectivity index (χ1) is 6.41. The number of hydrogen-bond acceptors (Lipinski definition) is 1. The molecule has 0 amide bonds. The molecule has 1 heteroatoms. The molecule has 0 nitrogen and oxygen atoms in total. The average Bonchev–Trinajstić information content (AvgIpc) is 2.24. The van der Waals surface area contributed by atoms with Crippen molar-refractivity contribution >= 4 is 16.9 Å². The van der Waals surface area contributed by atoms with E-state index in [1.54, 1.807) is 5.56 Å². The maximum atomic E-state index is 4.23. The maximum Gasteiger partial charge on any atom is 0.00948 e. The minimum absolute atomic E-state index is 0.405. The van der Waals surface area contributed by atoms with Crippen molar-refractivity contribution in [3.8, 4) is 0 Å². The fourth-order valence-corrected chi connectivity index (χ4v) is 3.74. The van der Waals surface area contributed by atoms with Gasteiger partial charge in [0, 0.05) is 9.75 Å². The van der Waals surface area contributed by atoms with E-state index in [4.69, 9.17) is 0 Å². The molecule has 1 aliphatic rings. The molecule has 0 fully saturated rings. The standard InChI is InChI=1S/C13H18S/c1-8-6-13(4,5)7-11-9(2)14-10(3)12(8)11/h1,6-7H2,2-5H3. The molecule has 0 aromatic carbocycles. The van der Waals surface area contributed by atoms with Crippen LogP contribution in [0.4, 0.5) is 0 Å². The van der Waals surface area contributed by atoms with Gasteiger partial charge in [-0.05, 0) is 48.8 Å². The Morgan fingerprint density at radius 2 is 1.79 bits per heavy atom. The Morgan fingerprint density at radius 3 is 2.43 bits per heavy atom. The highest BCUT2D eigenvalue weighted by Gasteiger charge is 2.30. The zero-order valence-electron chi connectivity index (χ0n) is 9.53. The van der Waals surface area contributed by atoms with Crippen LogP contribution in [0.5, 0.6) is 0 Å². The highest BCUT2D eigenvalue weighted by Crippen LogP contribution is 2.45. The summed E-state index contributed by atoms with van der Waals surface area (Å²) in [4.78, 5) is 2.95. The monoisotopic (exact) mass is 206 g/mol. The van der Waals surface area contributed by atoms with Crippen molar-refractivity contribution in [3.05, 3.63) is 27.5 Å². The van der Waals surface area contributed by atoms with Gasteiger partial charge in [-0.1, -0.05) is 20.4 Å². The molecule has 0 radical (unpaired) electrons. The van der Waals surface area contributed by atoms with Gasteiger partial charge in [-0.2, -0.15) is 0 Å². The van der Waals surface area contributed by atoms with Crippen molar-refractivity contribution in [1.82, 2.24) is 0 Å². The normalized spacial score (nSPS) is 19.6. The molecule has 0 aliphatic heterocycles. The van der Waals surface area contributed by atoms with E-state index in [-0.39, 0.29) is 0 Å². The zero-order chi connectivity index (χ0) is 10.5. The van der Waals surface area contributed by atoms with Crippen molar-refractivity contribution in [2.75, 3.05) is 0 Å². The SMILES string of the molecule is C=C1CC(C)(C)Cc2c(C)sc(C)c21. The second-order valence-corrected chi connectivity index (χ2v) is 6.62. The van der Waals surface area contributed by atoms with E-state index in [9.17, 15) is 0 Å². The smallest absolute Gasteiger partial charge is 0.00948 e. The van der Waals surface area contributed by atoms with E-state index < -0.39 is 0 Å². The van der Waals surface area contributed by atoms with Gasteiger partial charge in [0.25, 0.3) is 0 Å². The third-order valence-corrected chi connectivity index (χ3v) is 4.15. The number of fused-ring (bicyclic) bond motifs is 1. The molecular formula is C13H18S. The lowest BCUT2D eigenvalue weighted by molar-refractivity contribution is 0.365. The molecule has 14 heavy (non-hydrogen) atoms. The number of rotatable bonds is 0. The average molecular weight is 206 g/mol. The van der Waals surface area contributed by atoms with E-state index in [1.165, 1.54) is 27.3 Å². The number of thiophene rings is 1. The van der Waals surface area contributed by atoms with Crippen molar-refractivity contribution in [2.45, 2.75) is 40.5 Å². The summed E-state index contributed by atoms with van der Waals surface area (Å²) in [5, 5.41) is 0. The van der Waals surface area contributed by atoms with Crippen LogP contribution in [0.25, 0.3) is 5.57 Å². The third-order valence-electron chi connectivity index (χ3n) is 3.09. The summed E-state index contributed by atoms with van der Waals surface area (Å²) in [7, 11) is 0. The number of hydrogen-bond donors (Lipinski definition) is 0. The summed E-state index contributed by atoms with van der Waals surface area (Å²) in [5.74, 6) is 0. The molecule has 1 aromatic heterocycles. The van der Waals surface area contributed by atoms with Crippen molar-refractivity contribution in [2.24, 2.45) is 5.41 Å². The van der Waals surface area contributed by atoms with Gasteiger partial charge < -0.3 is 0 Å². The molecule has 0 bridgehead atoms. The highest BCUT2D eigenvalue weighted by molar-refractivity contribution is 7.12. The lowest BCUT2D eigenvalue weighted by Crippen LogP contribution is -2.21. The minimum Gasteiger partial charge on any atom is -0.145 e. The predicted octanol–water partition coefficient (Wildman–Crippen LogP) is 4.35. The summed E-state index contributed by atoms with van der Waals surface area (Å²) in [6.45, 7) is 13.4. The van der Waals surface area contributed by atoms with Gasteiger partial charge in [0.2, 0.25) is 0 Å². The van der Waals surface area contributed by atoms with E-state index in [0.29, 0.717) is 5.41 Å². The van der Waals surface area contributed by atoms with Crippen LogP contribution < -0.4 is 0 Å². The first-order valence-electron chi connectivity index (χ1n) is 5.18. The molecule has 0 unspecified atom stereocenters. The van der Waals surface area contributed by atoms with Gasteiger partial charge in [-0.3, -0.25) is 0 Å². The molecular weight excluding hydrogens is 188 g/mol. The van der Waals surface area contributed by atoms with Crippen LogP contribution in [-0.4, -0.2) is 0 Å². The van der Waals surface area contributed by atoms with Crippen molar-refractivity contribution in [3.63, 3.8) is 0 Å². The quantitative estimate of drug-likeness (QED) is 0.592. The van der Waals surface area contributed by atoms with Gasteiger partial charge in [-0.25, -0.2) is 0 Å². The second-order valence-electron chi connectivity index (χ2n) is 5.19. The van der Waals surface area contributed by atoms with Gasteiger partial charge in [0.15, 0.2) is 0 Å². The summed E-state index contributed by atoms with van der Waals surface area (Å²) in [5.41, 5.74) is 4.79. The molecule has 1 aromatic rings. The first-order valence-corrected chi connectivity index (χ1v) is 5.99. The van der Waals surface area contributed by atoms with Crippen LogP contribution in [0.3, 0.4) is 0 Å². The Balaban J connectivity index is 2.58. The minimum atomic E-state index is 0.405. The van der Waals surface area contributed by atoms with E-state index in [2.05, 4.69) is 34.3 Å². The van der Waals surface area contributed by atoms with Crippen LogP contribution in [0, 0.1) is 19.3 Å². The molecule has 1 heterocycles.